The molecular formula is C14H19NO3. The van der Waals surface area contributed by atoms with E-state index in [-0.39, 0.29) is 5.75 Å². The fraction of sp³-hybridized carbons (Fsp3) is 0.500. The van der Waals surface area contributed by atoms with E-state index in [1.807, 2.05) is 0 Å². The molecule has 0 aliphatic heterocycles. The third-order valence-corrected chi connectivity index (χ3v) is 2.59. The average Bonchev–Trinajstić information content (AvgIpc) is 2.37. The number of aryl methyl sites for hydroxylation is 1. The molecule has 4 nitrogen and oxygen atoms in total. The van der Waals surface area contributed by atoms with Gasteiger partial charge in [0, 0.05) is 37.5 Å². The summed E-state index contributed by atoms with van der Waals surface area (Å²) in [6.45, 7) is 3.11. The van der Waals surface area contributed by atoms with Crippen LogP contribution in [0.2, 0.25) is 0 Å². The molecule has 4 heteroatoms. The summed E-state index contributed by atoms with van der Waals surface area (Å²) >= 11 is 0. The highest BCUT2D eigenvalue weighted by molar-refractivity contribution is 5.40. The van der Waals surface area contributed by atoms with Gasteiger partial charge in [0.25, 0.3) is 0 Å². The molecule has 0 fully saturated rings. The van der Waals surface area contributed by atoms with Crippen LogP contribution in [-0.4, -0.2) is 23.8 Å². The van der Waals surface area contributed by atoms with Crippen molar-refractivity contribution in [3.05, 3.63) is 23.0 Å². The van der Waals surface area contributed by atoms with Crippen molar-refractivity contribution in [3.63, 3.8) is 0 Å². The van der Waals surface area contributed by atoms with Crippen LogP contribution in [0.5, 0.6) is 5.75 Å². The molecule has 1 aromatic rings. The predicted molar refractivity (Wildman–Crippen MR) is 69.1 cm³/mol. The van der Waals surface area contributed by atoms with Gasteiger partial charge in [0.2, 0.25) is 0 Å². The molecule has 0 spiro atoms. The van der Waals surface area contributed by atoms with Crippen molar-refractivity contribution in [1.82, 2.24) is 4.98 Å². The molecule has 0 saturated carbocycles. The summed E-state index contributed by atoms with van der Waals surface area (Å²) in [7, 11) is 1.59. The highest BCUT2D eigenvalue weighted by atomic mass is 16.5. The van der Waals surface area contributed by atoms with Crippen LogP contribution < -0.4 is 0 Å². The highest BCUT2D eigenvalue weighted by Crippen LogP contribution is 2.24. The molecule has 0 aliphatic rings. The van der Waals surface area contributed by atoms with E-state index in [4.69, 9.17) is 15.9 Å². The number of methoxy groups -OCH3 is 1. The van der Waals surface area contributed by atoms with E-state index in [1.165, 1.54) is 0 Å². The molecule has 98 valence electrons. The monoisotopic (exact) mass is 249 g/mol. The minimum atomic E-state index is 0.182. The second-order valence-electron chi connectivity index (χ2n) is 3.99. The second-order valence-corrected chi connectivity index (χ2v) is 3.99. The van der Waals surface area contributed by atoms with Gasteiger partial charge in [0.1, 0.15) is 5.75 Å². The lowest BCUT2D eigenvalue weighted by Gasteiger charge is -2.12. The van der Waals surface area contributed by atoms with Crippen LogP contribution in [0.1, 0.15) is 29.7 Å². The summed E-state index contributed by atoms with van der Waals surface area (Å²) in [4.78, 5) is 4.12. The van der Waals surface area contributed by atoms with Gasteiger partial charge in [-0.1, -0.05) is 0 Å². The first-order chi connectivity index (χ1) is 8.70. The van der Waals surface area contributed by atoms with E-state index in [0.29, 0.717) is 31.9 Å². The summed E-state index contributed by atoms with van der Waals surface area (Å²) in [5.41, 5.74) is 2.18. The SMILES string of the molecule is C#CCCCOCc1cnc(C)c(O)c1COC. The van der Waals surface area contributed by atoms with Crippen molar-refractivity contribution in [2.45, 2.75) is 33.0 Å². The van der Waals surface area contributed by atoms with Gasteiger partial charge < -0.3 is 14.6 Å². The van der Waals surface area contributed by atoms with Crippen LogP contribution in [0, 0.1) is 19.3 Å². The number of rotatable bonds is 7. The smallest absolute Gasteiger partial charge is 0.142 e. The Bertz CT molecular complexity index is 424. The van der Waals surface area contributed by atoms with Gasteiger partial charge in [-0.25, -0.2) is 0 Å². The molecule has 0 aliphatic carbocycles. The Morgan fingerprint density at radius 1 is 1.44 bits per heavy atom. The Kier molecular flexibility index (Phi) is 6.20. The number of hydrogen-bond donors (Lipinski definition) is 1. The third-order valence-electron chi connectivity index (χ3n) is 2.59. The summed E-state index contributed by atoms with van der Waals surface area (Å²) in [6, 6.07) is 0. The predicted octanol–water partition coefficient (Wildman–Crippen LogP) is 2.17. The largest absolute Gasteiger partial charge is 0.506 e. The van der Waals surface area contributed by atoms with Crippen molar-refractivity contribution >= 4 is 0 Å². The molecular weight excluding hydrogens is 230 g/mol. The van der Waals surface area contributed by atoms with Crippen LogP contribution in [0.15, 0.2) is 6.20 Å². The quantitative estimate of drug-likeness (QED) is 0.594. The minimum Gasteiger partial charge on any atom is -0.506 e. The molecule has 0 atom stereocenters. The molecule has 1 N–H and O–H groups in total. The second kappa shape index (κ2) is 7.70. The Morgan fingerprint density at radius 3 is 2.89 bits per heavy atom. The van der Waals surface area contributed by atoms with E-state index >= 15 is 0 Å². The fourth-order valence-electron chi connectivity index (χ4n) is 1.57. The van der Waals surface area contributed by atoms with Gasteiger partial charge in [-0.05, 0) is 13.3 Å². The van der Waals surface area contributed by atoms with Gasteiger partial charge in [0.05, 0.1) is 18.9 Å². The summed E-state index contributed by atoms with van der Waals surface area (Å²) in [6.07, 6.45) is 8.42. The third kappa shape index (κ3) is 4.02. The van der Waals surface area contributed by atoms with Crippen LogP contribution in [-0.2, 0) is 22.7 Å². The van der Waals surface area contributed by atoms with Gasteiger partial charge in [-0.2, -0.15) is 0 Å². The minimum absolute atomic E-state index is 0.182. The number of ether oxygens (including phenoxy) is 2. The van der Waals surface area contributed by atoms with E-state index in [0.717, 1.165) is 17.5 Å². The molecule has 0 unspecified atom stereocenters. The van der Waals surface area contributed by atoms with Gasteiger partial charge in [-0.15, -0.1) is 12.3 Å². The van der Waals surface area contributed by atoms with Crippen molar-refractivity contribution in [3.8, 4) is 18.1 Å². The Balaban J connectivity index is 2.64. The van der Waals surface area contributed by atoms with Crippen molar-refractivity contribution in [2.24, 2.45) is 0 Å². The summed E-state index contributed by atoms with van der Waals surface area (Å²) in [5, 5.41) is 9.93. The molecule has 0 aromatic carbocycles. The maximum Gasteiger partial charge on any atom is 0.142 e. The van der Waals surface area contributed by atoms with Gasteiger partial charge in [0.15, 0.2) is 0 Å². The average molecular weight is 249 g/mol. The summed E-state index contributed by atoms with van der Waals surface area (Å²) < 4.78 is 10.6. The van der Waals surface area contributed by atoms with E-state index < -0.39 is 0 Å². The van der Waals surface area contributed by atoms with Crippen LogP contribution >= 0.6 is 0 Å². The van der Waals surface area contributed by atoms with Gasteiger partial charge in [-0.3, -0.25) is 4.98 Å². The number of nitrogens with zero attached hydrogens (tertiary/aromatic N) is 1. The zero-order valence-electron chi connectivity index (χ0n) is 10.9. The Hall–Kier alpha value is -1.57. The lowest BCUT2D eigenvalue weighted by molar-refractivity contribution is 0.115. The molecule has 1 rings (SSSR count). The lowest BCUT2D eigenvalue weighted by atomic mass is 10.1. The normalized spacial score (nSPS) is 10.3. The Labute approximate surface area is 108 Å². The Morgan fingerprint density at radius 2 is 2.22 bits per heavy atom. The zero-order valence-corrected chi connectivity index (χ0v) is 10.9. The molecule has 0 bridgehead atoms. The first kappa shape index (κ1) is 14.5. The standard InChI is InChI=1S/C14H19NO3/c1-4-5-6-7-18-9-12-8-15-11(2)14(16)13(12)10-17-3/h1,8,16H,5-7,9-10H2,2-3H3. The van der Waals surface area contributed by atoms with Crippen LogP contribution in [0.25, 0.3) is 0 Å². The molecule has 1 aromatic heterocycles. The maximum atomic E-state index is 9.93. The van der Waals surface area contributed by atoms with Gasteiger partial charge >= 0.3 is 0 Å². The van der Waals surface area contributed by atoms with E-state index in [9.17, 15) is 5.11 Å². The van der Waals surface area contributed by atoms with Crippen molar-refractivity contribution < 1.29 is 14.6 Å². The van der Waals surface area contributed by atoms with Crippen molar-refractivity contribution in [1.29, 1.82) is 0 Å². The molecule has 1 heterocycles. The topological polar surface area (TPSA) is 51.6 Å². The first-order valence-corrected chi connectivity index (χ1v) is 5.87. The number of aromatic nitrogens is 1. The van der Waals surface area contributed by atoms with E-state index in [2.05, 4.69) is 10.9 Å². The maximum absolute atomic E-state index is 9.93. The molecule has 0 radical (unpaired) electrons. The number of hydrogen-bond acceptors (Lipinski definition) is 4. The molecule has 0 amide bonds. The lowest BCUT2D eigenvalue weighted by Crippen LogP contribution is -2.03. The van der Waals surface area contributed by atoms with Crippen LogP contribution in [0.3, 0.4) is 0 Å². The van der Waals surface area contributed by atoms with Crippen LogP contribution in [0.4, 0.5) is 0 Å². The van der Waals surface area contributed by atoms with E-state index in [1.54, 1.807) is 20.2 Å². The molecule has 0 saturated heterocycles. The highest BCUT2D eigenvalue weighted by Gasteiger charge is 2.11. The first-order valence-electron chi connectivity index (χ1n) is 5.87. The summed E-state index contributed by atoms with van der Waals surface area (Å²) in [5.74, 6) is 2.74. The number of pyridine rings is 1. The fourth-order valence-corrected chi connectivity index (χ4v) is 1.57. The molecule has 18 heavy (non-hydrogen) atoms. The zero-order chi connectivity index (χ0) is 13.4. The number of unbranched alkanes of at least 4 members (excludes halogenated alkanes) is 1. The number of aromatic hydroxyl groups is 1. The number of terminal acetylenes is 1. The van der Waals surface area contributed by atoms with Crippen molar-refractivity contribution in [2.75, 3.05) is 13.7 Å².